The maximum absolute atomic E-state index is 12.4. The predicted molar refractivity (Wildman–Crippen MR) is 125 cm³/mol. The van der Waals surface area contributed by atoms with Gasteiger partial charge in [-0.1, -0.05) is 34.1 Å². The number of benzene rings is 2. The third-order valence-corrected chi connectivity index (χ3v) is 5.26. The Bertz CT molecular complexity index is 1140. The zero-order valence-electron chi connectivity index (χ0n) is 17.6. The number of ether oxygens (including phenoxy) is 2. The van der Waals surface area contributed by atoms with Crippen molar-refractivity contribution in [1.29, 1.82) is 0 Å². The fraction of sp³-hybridized carbons (Fsp3) is 0.238. The number of hydrogen-bond acceptors (Lipinski definition) is 9. The van der Waals surface area contributed by atoms with E-state index in [2.05, 4.69) is 51.5 Å². The van der Waals surface area contributed by atoms with Crippen molar-refractivity contribution in [1.82, 2.24) is 15.0 Å². The van der Waals surface area contributed by atoms with Crippen molar-refractivity contribution in [2.24, 2.45) is 5.10 Å². The second-order valence-electron chi connectivity index (χ2n) is 6.97. The van der Waals surface area contributed by atoms with Gasteiger partial charge in [-0.25, -0.2) is 5.43 Å². The predicted octanol–water partition coefficient (Wildman–Crippen LogP) is 4.56. The Morgan fingerprint density at radius 1 is 1.00 bits per heavy atom. The molecule has 0 radical (unpaired) electrons. The van der Waals surface area contributed by atoms with Crippen LogP contribution in [0.2, 0.25) is 0 Å². The number of nitrogens with one attached hydrogen (secondary N) is 2. The van der Waals surface area contributed by atoms with Gasteiger partial charge in [0, 0.05) is 28.8 Å². The molecule has 0 unspecified atom stereocenters. The van der Waals surface area contributed by atoms with Crippen molar-refractivity contribution in [3.05, 3.63) is 58.6 Å². The molecule has 0 bridgehead atoms. The molecular weight excluding hydrogens is 519 g/mol. The summed E-state index contributed by atoms with van der Waals surface area (Å²) in [7, 11) is 0. The van der Waals surface area contributed by atoms with E-state index < -0.39 is 6.36 Å². The van der Waals surface area contributed by atoms with Gasteiger partial charge >= 0.3 is 6.36 Å². The first-order valence-electron chi connectivity index (χ1n) is 10.1. The molecule has 1 fully saturated rings. The fourth-order valence-corrected chi connectivity index (χ4v) is 3.37. The zero-order valence-corrected chi connectivity index (χ0v) is 19.2. The van der Waals surface area contributed by atoms with Gasteiger partial charge in [0.1, 0.15) is 5.75 Å². The van der Waals surface area contributed by atoms with Gasteiger partial charge in [-0.2, -0.15) is 20.1 Å². The number of hydrazone groups is 1. The number of hydrogen-bond donors (Lipinski definition) is 2. The van der Waals surface area contributed by atoms with Crippen molar-refractivity contribution in [2.75, 3.05) is 41.9 Å². The van der Waals surface area contributed by atoms with Crippen LogP contribution in [-0.2, 0) is 4.74 Å². The molecule has 2 heterocycles. The Kier molecular flexibility index (Phi) is 7.43. The van der Waals surface area contributed by atoms with Crippen molar-refractivity contribution in [3.63, 3.8) is 0 Å². The van der Waals surface area contributed by atoms with Crippen LogP contribution in [0.15, 0.2) is 58.1 Å². The molecule has 178 valence electrons. The molecule has 13 heteroatoms. The summed E-state index contributed by atoms with van der Waals surface area (Å²) in [6.07, 6.45) is -3.14. The van der Waals surface area contributed by atoms with Crippen molar-refractivity contribution >= 4 is 45.7 Å². The number of halogens is 4. The molecule has 3 aromatic rings. The first-order chi connectivity index (χ1) is 16.4. The number of morpholine rings is 1. The van der Waals surface area contributed by atoms with Gasteiger partial charge in [0.15, 0.2) is 0 Å². The molecule has 0 aliphatic carbocycles. The summed E-state index contributed by atoms with van der Waals surface area (Å²) in [5.74, 6) is 0.474. The topological polar surface area (TPSA) is 96.8 Å². The molecular formula is C21H19BrF3N7O2. The second-order valence-corrected chi connectivity index (χ2v) is 7.83. The Labute approximate surface area is 201 Å². The van der Waals surface area contributed by atoms with Crippen molar-refractivity contribution in [2.45, 2.75) is 6.36 Å². The molecule has 0 spiro atoms. The summed E-state index contributed by atoms with van der Waals surface area (Å²) in [6, 6.07) is 12.8. The molecule has 34 heavy (non-hydrogen) atoms. The lowest BCUT2D eigenvalue weighted by atomic mass is 10.2. The highest BCUT2D eigenvalue weighted by molar-refractivity contribution is 9.10. The molecule has 9 nitrogen and oxygen atoms in total. The van der Waals surface area contributed by atoms with Crippen LogP contribution in [0.25, 0.3) is 0 Å². The minimum Gasteiger partial charge on any atom is -0.406 e. The van der Waals surface area contributed by atoms with Gasteiger partial charge < -0.3 is 19.7 Å². The minimum atomic E-state index is -4.76. The van der Waals surface area contributed by atoms with E-state index >= 15 is 0 Å². The highest BCUT2D eigenvalue weighted by Crippen LogP contribution is 2.25. The number of alkyl halides is 3. The summed E-state index contributed by atoms with van der Waals surface area (Å²) >= 11 is 3.46. The Hall–Kier alpha value is -3.45. The standard InChI is InChI=1S/C21H19BrF3N7O2/c22-17-4-2-1-3-14(17)13-26-31-19-28-18(29-20(30-19)32-9-11-33-12-10-32)27-15-5-7-16(8-6-15)34-21(23,24)25/h1-8,13H,9-12H2,(H2,27,28,29,30,31)/b26-13+. The number of aromatic nitrogens is 3. The van der Waals surface area contributed by atoms with Crippen LogP contribution in [0.3, 0.4) is 0 Å². The average molecular weight is 538 g/mol. The molecule has 1 saturated heterocycles. The normalized spacial score (nSPS) is 14.3. The summed E-state index contributed by atoms with van der Waals surface area (Å²) in [5.41, 5.74) is 4.13. The summed E-state index contributed by atoms with van der Waals surface area (Å²) in [5, 5.41) is 7.18. The molecule has 2 aromatic carbocycles. The van der Waals surface area contributed by atoms with E-state index in [-0.39, 0.29) is 17.6 Å². The zero-order chi connectivity index (χ0) is 24.0. The van der Waals surface area contributed by atoms with Crippen LogP contribution >= 0.6 is 15.9 Å². The van der Waals surface area contributed by atoms with Crippen LogP contribution < -0.4 is 20.4 Å². The number of nitrogens with zero attached hydrogens (tertiary/aromatic N) is 5. The second kappa shape index (κ2) is 10.7. The average Bonchev–Trinajstić information content (AvgIpc) is 2.81. The van der Waals surface area contributed by atoms with E-state index in [4.69, 9.17) is 4.74 Å². The van der Waals surface area contributed by atoms with Gasteiger partial charge in [0.05, 0.1) is 19.4 Å². The van der Waals surface area contributed by atoms with E-state index in [0.29, 0.717) is 37.9 Å². The molecule has 2 N–H and O–H groups in total. The monoisotopic (exact) mass is 537 g/mol. The van der Waals surface area contributed by atoms with E-state index in [1.54, 1.807) is 6.21 Å². The van der Waals surface area contributed by atoms with Gasteiger partial charge in [-0.05, 0) is 30.3 Å². The van der Waals surface area contributed by atoms with Crippen LogP contribution in [0.5, 0.6) is 5.75 Å². The van der Waals surface area contributed by atoms with E-state index in [9.17, 15) is 13.2 Å². The first-order valence-corrected chi connectivity index (χ1v) is 10.9. The van der Waals surface area contributed by atoms with Gasteiger partial charge in [-0.15, -0.1) is 13.2 Å². The molecule has 0 atom stereocenters. The van der Waals surface area contributed by atoms with Gasteiger partial charge in [0.2, 0.25) is 17.8 Å². The molecule has 0 amide bonds. The van der Waals surface area contributed by atoms with E-state index in [0.717, 1.165) is 10.0 Å². The fourth-order valence-electron chi connectivity index (χ4n) is 2.98. The Morgan fingerprint density at radius 3 is 2.41 bits per heavy atom. The van der Waals surface area contributed by atoms with Crippen LogP contribution in [0, 0.1) is 0 Å². The summed E-state index contributed by atoms with van der Waals surface area (Å²) in [6.45, 7) is 2.29. The van der Waals surface area contributed by atoms with Crippen LogP contribution in [-0.4, -0.2) is 53.8 Å². The third kappa shape index (κ3) is 6.78. The lowest BCUT2D eigenvalue weighted by Crippen LogP contribution is -2.37. The quantitative estimate of drug-likeness (QED) is 0.334. The van der Waals surface area contributed by atoms with Gasteiger partial charge in [0.25, 0.3) is 0 Å². The third-order valence-electron chi connectivity index (χ3n) is 4.53. The lowest BCUT2D eigenvalue weighted by Gasteiger charge is -2.27. The number of rotatable bonds is 7. The molecule has 1 aromatic heterocycles. The van der Waals surface area contributed by atoms with Gasteiger partial charge in [-0.3, -0.25) is 0 Å². The van der Waals surface area contributed by atoms with Crippen LogP contribution in [0.4, 0.5) is 36.7 Å². The summed E-state index contributed by atoms with van der Waals surface area (Å²) < 4.78 is 47.3. The van der Waals surface area contributed by atoms with Crippen LogP contribution in [0.1, 0.15) is 5.56 Å². The van der Waals surface area contributed by atoms with Crippen molar-refractivity contribution < 1.29 is 22.6 Å². The summed E-state index contributed by atoms with van der Waals surface area (Å²) in [4.78, 5) is 15.1. The number of anilines is 4. The lowest BCUT2D eigenvalue weighted by molar-refractivity contribution is -0.274. The Morgan fingerprint density at radius 2 is 1.71 bits per heavy atom. The van der Waals surface area contributed by atoms with E-state index in [1.807, 2.05) is 29.2 Å². The molecule has 1 aliphatic rings. The largest absolute Gasteiger partial charge is 0.573 e. The maximum atomic E-state index is 12.4. The molecule has 0 saturated carbocycles. The Balaban J connectivity index is 1.54. The van der Waals surface area contributed by atoms with Crippen molar-refractivity contribution in [3.8, 4) is 5.75 Å². The highest BCUT2D eigenvalue weighted by Gasteiger charge is 2.31. The molecule has 1 aliphatic heterocycles. The minimum absolute atomic E-state index is 0.194. The SMILES string of the molecule is FC(F)(F)Oc1ccc(Nc2nc(N/N=C/c3ccccc3Br)nc(N3CCOCC3)n2)cc1. The highest BCUT2D eigenvalue weighted by atomic mass is 79.9. The molecule has 4 rings (SSSR count). The maximum Gasteiger partial charge on any atom is 0.573 e. The smallest absolute Gasteiger partial charge is 0.406 e. The first kappa shape index (κ1) is 23.7. The van der Waals surface area contributed by atoms with E-state index in [1.165, 1.54) is 24.3 Å².